The Bertz CT molecular complexity index is 1480. The van der Waals surface area contributed by atoms with E-state index in [-0.39, 0.29) is 28.5 Å². The standard InChI is InChI=1S/C23H25N7O3S/c1-34(32,33)20-19(14-7-9-15(10-8-14)22(25)31)28-23-18(12-27-30(23)21(20)24)16-11-26-29(13-16)17-5-3-2-4-6-17/h2-6,11-15H,7-10,24H2,1H3,(H2,25,31)/t14-,15+. The minimum atomic E-state index is -3.68. The van der Waals surface area contributed by atoms with Gasteiger partial charge in [-0.3, -0.25) is 4.79 Å². The number of nitrogens with two attached hydrogens (primary N) is 2. The van der Waals surface area contributed by atoms with Gasteiger partial charge in [0.25, 0.3) is 0 Å². The molecule has 1 fully saturated rings. The van der Waals surface area contributed by atoms with Gasteiger partial charge in [-0.05, 0) is 37.8 Å². The van der Waals surface area contributed by atoms with Crippen LogP contribution < -0.4 is 11.5 Å². The van der Waals surface area contributed by atoms with E-state index in [1.807, 2.05) is 36.5 Å². The van der Waals surface area contributed by atoms with Crippen LogP contribution in [0.15, 0.2) is 53.8 Å². The summed E-state index contributed by atoms with van der Waals surface area (Å²) < 4.78 is 28.6. The molecule has 3 aromatic heterocycles. The molecule has 4 N–H and O–H groups in total. The van der Waals surface area contributed by atoms with E-state index in [1.165, 1.54) is 4.52 Å². The Labute approximate surface area is 196 Å². The lowest BCUT2D eigenvalue weighted by Gasteiger charge is -2.27. The van der Waals surface area contributed by atoms with Crippen LogP contribution in [0.25, 0.3) is 22.5 Å². The van der Waals surface area contributed by atoms with Gasteiger partial charge in [-0.15, -0.1) is 0 Å². The molecule has 3 heterocycles. The second-order valence-electron chi connectivity index (χ2n) is 8.74. The summed E-state index contributed by atoms with van der Waals surface area (Å²) in [5.74, 6) is -0.643. The van der Waals surface area contributed by atoms with E-state index < -0.39 is 9.84 Å². The number of nitrogen functional groups attached to an aromatic ring is 1. The summed E-state index contributed by atoms with van der Waals surface area (Å²) in [7, 11) is -3.68. The van der Waals surface area contributed by atoms with Crippen molar-refractivity contribution in [1.82, 2.24) is 24.4 Å². The lowest BCUT2D eigenvalue weighted by atomic mass is 9.80. The first kappa shape index (κ1) is 22.1. The molecule has 176 valence electrons. The number of aromatic nitrogens is 5. The predicted octanol–water partition coefficient (Wildman–Crippen LogP) is 2.33. The topological polar surface area (TPSA) is 151 Å². The van der Waals surface area contributed by atoms with Gasteiger partial charge in [0.1, 0.15) is 10.7 Å². The Morgan fingerprint density at radius 2 is 1.76 bits per heavy atom. The maximum Gasteiger partial charge on any atom is 0.220 e. The average molecular weight is 480 g/mol. The second kappa shape index (κ2) is 8.24. The number of nitrogens with zero attached hydrogens (tertiary/aromatic N) is 5. The van der Waals surface area contributed by atoms with Crippen molar-refractivity contribution in [3.05, 3.63) is 54.6 Å². The smallest absolute Gasteiger partial charge is 0.220 e. The van der Waals surface area contributed by atoms with E-state index in [4.69, 9.17) is 16.5 Å². The summed E-state index contributed by atoms with van der Waals surface area (Å²) >= 11 is 0. The number of carbonyl (C=O) groups excluding carboxylic acids is 1. The number of hydrogen-bond donors (Lipinski definition) is 2. The fourth-order valence-electron chi connectivity index (χ4n) is 4.71. The summed E-state index contributed by atoms with van der Waals surface area (Å²) in [6, 6.07) is 9.69. The molecule has 1 aromatic carbocycles. The number of para-hydroxylation sites is 1. The first-order valence-corrected chi connectivity index (χ1v) is 12.9. The summed E-state index contributed by atoms with van der Waals surface area (Å²) in [5, 5.41) is 8.79. The molecule has 10 nitrogen and oxygen atoms in total. The third-order valence-corrected chi connectivity index (χ3v) is 7.62. The van der Waals surface area contributed by atoms with Crippen LogP contribution in [0, 0.1) is 5.92 Å². The number of rotatable bonds is 5. The van der Waals surface area contributed by atoms with Crippen molar-refractivity contribution in [2.45, 2.75) is 36.5 Å². The highest BCUT2D eigenvalue weighted by atomic mass is 32.2. The number of primary amides is 1. The van der Waals surface area contributed by atoms with E-state index in [2.05, 4.69) is 10.2 Å². The quantitative estimate of drug-likeness (QED) is 0.446. The van der Waals surface area contributed by atoms with Crippen LogP contribution in [0.1, 0.15) is 37.3 Å². The molecule has 1 saturated carbocycles. The Morgan fingerprint density at radius 3 is 2.41 bits per heavy atom. The summed E-state index contributed by atoms with van der Waals surface area (Å²) in [4.78, 5) is 16.4. The summed E-state index contributed by atoms with van der Waals surface area (Å²) in [5.41, 5.74) is 15.1. The van der Waals surface area contributed by atoms with Crippen LogP contribution in [0.3, 0.4) is 0 Å². The number of sulfone groups is 1. The van der Waals surface area contributed by atoms with Crippen LogP contribution in [0.5, 0.6) is 0 Å². The Balaban J connectivity index is 1.62. The molecule has 0 unspecified atom stereocenters. The molecule has 0 aliphatic heterocycles. The van der Waals surface area contributed by atoms with Gasteiger partial charge in [-0.1, -0.05) is 18.2 Å². The number of carbonyl (C=O) groups is 1. The highest BCUT2D eigenvalue weighted by Crippen LogP contribution is 2.40. The van der Waals surface area contributed by atoms with Gasteiger partial charge >= 0.3 is 0 Å². The second-order valence-corrected chi connectivity index (χ2v) is 10.7. The van der Waals surface area contributed by atoms with Gasteiger partial charge < -0.3 is 11.5 Å². The van der Waals surface area contributed by atoms with Gasteiger partial charge in [-0.25, -0.2) is 18.1 Å². The third kappa shape index (κ3) is 3.81. The van der Waals surface area contributed by atoms with Gasteiger partial charge in [0, 0.05) is 35.4 Å². The number of amides is 1. The monoisotopic (exact) mass is 479 g/mol. The molecular formula is C23H25N7O3S. The van der Waals surface area contributed by atoms with Gasteiger partial charge in [0.15, 0.2) is 15.5 Å². The van der Waals surface area contributed by atoms with Crippen molar-refractivity contribution in [1.29, 1.82) is 0 Å². The van der Waals surface area contributed by atoms with Crippen molar-refractivity contribution in [3.63, 3.8) is 0 Å². The average Bonchev–Trinajstić information content (AvgIpc) is 3.46. The van der Waals surface area contributed by atoms with Crippen molar-refractivity contribution in [3.8, 4) is 16.8 Å². The fourth-order valence-corrected chi connectivity index (χ4v) is 5.77. The zero-order chi connectivity index (χ0) is 24.0. The molecule has 0 atom stereocenters. The lowest BCUT2D eigenvalue weighted by molar-refractivity contribution is -0.122. The largest absolute Gasteiger partial charge is 0.382 e. The number of anilines is 1. The lowest BCUT2D eigenvalue weighted by Crippen LogP contribution is -2.28. The minimum Gasteiger partial charge on any atom is -0.382 e. The summed E-state index contributed by atoms with van der Waals surface area (Å²) in [6.07, 6.45) is 8.71. The zero-order valence-corrected chi connectivity index (χ0v) is 19.4. The van der Waals surface area contributed by atoms with E-state index in [1.54, 1.807) is 17.1 Å². The molecule has 34 heavy (non-hydrogen) atoms. The highest BCUT2D eigenvalue weighted by molar-refractivity contribution is 7.91. The Kier molecular flexibility index (Phi) is 5.35. The minimum absolute atomic E-state index is 0.00263. The van der Waals surface area contributed by atoms with Crippen LogP contribution in [-0.4, -0.2) is 45.0 Å². The molecule has 5 rings (SSSR count). The van der Waals surface area contributed by atoms with E-state index in [0.717, 1.165) is 17.5 Å². The van der Waals surface area contributed by atoms with Gasteiger partial charge in [0.2, 0.25) is 5.91 Å². The van der Waals surface area contributed by atoms with Crippen molar-refractivity contribution >= 4 is 27.2 Å². The van der Waals surface area contributed by atoms with Crippen molar-refractivity contribution < 1.29 is 13.2 Å². The first-order chi connectivity index (χ1) is 16.2. The van der Waals surface area contributed by atoms with E-state index >= 15 is 0 Å². The Hall–Kier alpha value is -3.73. The molecular weight excluding hydrogens is 454 g/mol. The maximum atomic E-state index is 12.7. The van der Waals surface area contributed by atoms with Crippen LogP contribution in [-0.2, 0) is 14.6 Å². The fraction of sp³-hybridized carbons (Fsp3) is 0.304. The van der Waals surface area contributed by atoms with Crippen molar-refractivity contribution in [2.75, 3.05) is 12.0 Å². The van der Waals surface area contributed by atoms with Crippen LogP contribution >= 0.6 is 0 Å². The van der Waals surface area contributed by atoms with Gasteiger partial charge in [-0.2, -0.15) is 14.7 Å². The zero-order valence-electron chi connectivity index (χ0n) is 18.6. The number of hydrogen-bond acceptors (Lipinski definition) is 7. The molecule has 1 amide bonds. The van der Waals surface area contributed by atoms with Gasteiger partial charge in [0.05, 0.1) is 23.8 Å². The van der Waals surface area contributed by atoms with E-state index in [9.17, 15) is 13.2 Å². The predicted molar refractivity (Wildman–Crippen MR) is 127 cm³/mol. The maximum absolute atomic E-state index is 12.7. The Morgan fingerprint density at radius 1 is 1.06 bits per heavy atom. The number of fused-ring (bicyclic) bond motifs is 1. The molecule has 0 radical (unpaired) electrons. The first-order valence-electron chi connectivity index (χ1n) is 11.0. The van der Waals surface area contributed by atoms with Crippen LogP contribution in [0.4, 0.5) is 5.82 Å². The van der Waals surface area contributed by atoms with E-state index in [0.29, 0.717) is 42.6 Å². The SMILES string of the molecule is CS(=O)(=O)c1c(N)n2ncc(-c3cnn(-c4ccccc4)c3)c2nc1[C@H]1CC[C@@H](C(N)=O)CC1. The molecule has 0 saturated heterocycles. The molecule has 11 heteroatoms. The molecule has 0 bridgehead atoms. The highest BCUT2D eigenvalue weighted by Gasteiger charge is 2.32. The molecule has 1 aliphatic carbocycles. The normalized spacial score (nSPS) is 18.9. The number of benzene rings is 1. The molecule has 4 aromatic rings. The molecule has 0 spiro atoms. The molecule has 1 aliphatic rings. The van der Waals surface area contributed by atoms with Crippen LogP contribution in [0.2, 0.25) is 0 Å². The third-order valence-electron chi connectivity index (χ3n) is 6.47. The van der Waals surface area contributed by atoms with Crippen molar-refractivity contribution in [2.24, 2.45) is 11.7 Å². The summed E-state index contributed by atoms with van der Waals surface area (Å²) in [6.45, 7) is 0.